The zero-order valence-electron chi connectivity index (χ0n) is 11.9. The zero-order valence-corrected chi connectivity index (χ0v) is 11.9. The van der Waals surface area contributed by atoms with Crippen LogP contribution in [0.1, 0.15) is 19.8 Å². The van der Waals surface area contributed by atoms with Crippen molar-refractivity contribution in [3.63, 3.8) is 0 Å². The van der Waals surface area contributed by atoms with Crippen molar-refractivity contribution in [1.82, 2.24) is 14.0 Å². The minimum atomic E-state index is -0.105. The monoisotopic (exact) mass is 273 g/mol. The fraction of sp³-hybridized carbons (Fsp3) is 0.467. The van der Waals surface area contributed by atoms with Crippen LogP contribution in [0.15, 0.2) is 29.1 Å². The van der Waals surface area contributed by atoms with Crippen molar-refractivity contribution in [2.75, 3.05) is 7.05 Å². The normalized spacial score (nSPS) is 14.7. The van der Waals surface area contributed by atoms with Crippen molar-refractivity contribution in [1.29, 1.82) is 0 Å². The summed E-state index contributed by atoms with van der Waals surface area (Å²) < 4.78 is 3.29. The second-order valence-electron chi connectivity index (χ2n) is 5.34. The maximum atomic E-state index is 12.4. The molecule has 1 aromatic heterocycles. The molecule has 0 bridgehead atoms. The van der Waals surface area contributed by atoms with Gasteiger partial charge in [0.1, 0.15) is 6.54 Å². The van der Waals surface area contributed by atoms with Gasteiger partial charge in [-0.3, -0.25) is 13.9 Å². The highest BCUT2D eigenvalue weighted by Gasteiger charge is 2.30. The molecule has 0 spiro atoms. The number of imidazole rings is 1. The maximum Gasteiger partial charge on any atom is 0.329 e. The number of carbonyl (C=O) groups excluding carboxylic acids is 1. The molecule has 3 rings (SSSR count). The molecular weight excluding hydrogens is 254 g/mol. The number of aryl methyl sites for hydroxylation is 1. The number of hydrogen-bond donors (Lipinski definition) is 0. The molecule has 1 heterocycles. The number of rotatable bonds is 4. The van der Waals surface area contributed by atoms with Gasteiger partial charge in [-0.15, -0.1) is 0 Å². The molecule has 5 nitrogen and oxygen atoms in total. The van der Waals surface area contributed by atoms with Gasteiger partial charge in [-0.25, -0.2) is 4.79 Å². The summed E-state index contributed by atoms with van der Waals surface area (Å²) in [6, 6.07) is 8.00. The number of nitrogens with zero attached hydrogens (tertiary/aromatic N) is 3. The van der Waals surface area contributed by atoms with Gasteiger partial charge in [0.2, 0.25) is 5.91 Å². The number of para-hydroxylation sites is 2. The summed E-state index contributed by atoms with van der Waals surface area (Å²) in [4.78, 5) is 26.4. The number of benzene rings is 1. The van der Waals surface area contributed by atoms with Crippen LogP contribution in [-0.4, -0.2) is 33.0 Å². The Labute approximate surface area is 117 Å². The van der Waals surface area contributed by atoms with Gasteiger partial charge >= 0.3 is 5.69 Å². The van der Waals surface area contributed by atoms with E-state index in [9.17, 15) is 9.59 Å². The van der Waals surface area contributed by atoms with Gasteiger partial charge in [-0.2, -0.15) is 0 Å². The van der Waals surface area contributed by atoms with E-state index >= 15 is 0 Å². The third-order valence-corrected chi connectivity index (χ3v) is 4.02. The van der Waals surface area contributed by atoms with E-state index in [0.717, 1.165) is 23.9 Å². The molecule has 0 atom stereocenters. The Hall–Kier alpha value is -2.04. The Kier molecular flexibility index (Phi) is 3.12. The molecule has 1 aromatic carbocycles. The Morgan fingerprint density at radius 2 is 1.85 bits per heavy atom. The van der Waals surface area contributed by atoms with Crippen molar-refractivity contribution in [2.45, 2.75) is 38.9 Å². The van der Waals surface area contributed by atoms with Crippen molar-refractivity contribution >= 4 is 16.9 Å². The molecule has 2 aromatic rings. The molecule has 0 radical (unpaired) electrons. The first-order valence-corrected chi connectivity index (χ1v) is 7.07. The van der Waals surface area contributed by atoms with Crippen LogP contribution < -0.4 is 5.69 Å². The van der Waals surface area contributed by atoms with Crippen molar-refractivity contribution in [3.05, 3.63) is 34.7 Å². The van der Waals surface area contributed by atoms with E-state index in [4.69, 9.17) is 0 Å². The predicted molar refractivity (Wildman–Crippen MR) is 77.7 cm³/mol. The van der Waals surface area contributed by atoms with Gasteiger partial charge < -0.3 is 4.90 Å². The van der Waals surface area contributed by atoms with Gasteiger partial charge in [0.05, 0.1) is 11.0 Å². The first kappa shape index (κ1) is 13.0. The summed E-state index contributed by atoms with van der Waals surface area (Å²) >= 11 is 0. The lowest BCUT2D eigenvalue weighted by Gasteiger charge is -2.16. The van der Waals surface area contributed by atoms with Crippen LogP contribution in [0.4, 0.5) is 0 Å². The minimum Gasteiger partial charge on any atom is -0.341 e. The molecule has 1 aliphatic rings. The smallest absolute Gasteiger partial charge is 0.329 e. The van der Waals surface area contributed by atoms with Crippen LogP contribution >= 0.6 is 0 Å². The molecular formula is C15H19N3O2. The quantitative estimate of drug-likeness (QED) is 0.846. The molecule has 0 N–H and O–H groups in total. The second-order valence-corrected chi connectivity index (χ2v) is 5.34. The molecule has 106 valence electrons. The van der Waals surface area contributed by atoms with E-state index in [-0.39, 0.29) is 18.1 Å². The SMILES string of the molecule is CCn1c(=O)n(CC(=O)N(C)C2CC2)c2ccccc21. The first-order valence-electron chi connectivity index (χ1n) is 7.07. The van der Waals surface area contributed by atoms with E-state index < -0.39 is 0 Å². The molecule has 5 heteroatoms. The number of hydrogen-bond acceptors (Lipinski definition) is 2. The van der Waals surface area contributed by atoms with E-state index in [1.165, 1.54) is 0 Å². The fourth-order valence-corrected chi connectivity index (χ4v) is 2.64. The minimum absolute atomic E-state index is 0.00797. The summed E-state index contributed by atoms with van der Waals surface area (Å²) in [5.41, 5.74) is 1.62. The van der Waals surface area contributed by atoms with Crippen LogP contribution in [-0.2, 0) is 17.9 Å². The average Bonchev–Trinajstić information content (AvgIpc) is 3.26. The molecule has 20 heavy (non-hydrogen) atoms. The summed E-state index contributed by atoms with van der Waals surface area (Å²) in [5.74, 6) is 0.00797. The zero-order chi connectivity index (χ0) is 14.3. The fourth-order valence-electron chi connectivity index (χ4n) is 2.64. The number of carbonyl (C=O) groups is 1. The highest BCUT2D eigenvalue weighted by Crippen LogP contribution is 2.25. The lowest BCUT2D eigenvalue weighted by molar-refractivity contribution is -0.131. The molecule has 0 unspecified atom stereocenters. The number of fused-ring (bicyclic) bond motifs is 1. The Morgan fingerprint density at radius 3 is 2.40 bits per heavy atom. The molecule has 1 saturated carbocycles. The third kappa shape index (κ3) is 2.03. The largest absolute Gasteiger partial charge is 0.341 e. The lowest BCUT2D eigenvalue weighted by atomic mass is 10.3. The van der Waals surface area contributed by atoms with Gasteiger partial charge in [0, 0.05) is 19.6 Å². The highest BCUT2D eigenvalue weighted by molar-refractivity contribution is 5.81. The van der Waals surface area contributed by atoms with Crippen molar-refractivity contribution in [2.24, 2.45) is 0 Å². The van der Waals surface area contributed by atoms with E-state index in [2.05, 4.69) is 0 Å². The van der Waals surface area contributed by atoms with Gasteiger partial charge in [0.25, 0.3) is 0 Å². The molecule has 1 fully saturated rings. The van der Waals surface area contributed by atoms with Crippen molar-refractivity contribution in [3.8, 4) is 0 Å². The van der Waals surface area contributed by atoms with E-state index in [1.807, 2.05) is 38.2 Å². The number of amides is 1. The predicted octanol–water partition coefficient (Wildman–Crippen LogP) is 1.44. The van der Waals surface area contributed by atoms with Gasteiger partial charge in [-0.1, -0.05) is 12.1 Å². The van der Waals surface area contributed by atoms with Crippen LogP contribution in [0.2, 0.25) is 0 Å². The molecule has 1 amide bonds. The molecule has 0 saturated heterocycles. The van der Waals surface area contributed by atoms with Gasteiger partial charge in [0.15, 0.2) is 0 Å². The average molecular weight is 273 g/mol. The van der Waals surface area contributed by atoms with Crippen LogP contribution in [0.5, 0.6) is 0 Å². The third-order valence-electron chi connectivity index (χ3n) is 4.02. The second kappa shape index (κ2) is 4.81. The Balaban J connectivity index is 2.00. The topological polar surface area (TPSA) is 47.2 Å². The number of likely N-dealkylation sites (N-methyl/N-ethyl adjacent to an activating group) is 1. The maximum absolute atomic E-state index is 12.4. The summed E-state index contributed by atoms with van der Waals surface area (Å²) in [6.07, 6.45) is 2.15. The number of aromatic nitrogens is 2. The van der Waals surface area contributed by atoms with E-state index in [0.29, 0.717) is 12.6 Å². The first-order chi connectivity index (χ1) is 9.63. The Morgan fingerprint density at radius 1 is 1.25 bits per heavy atom. The van der Waals surface area contributed by atoms with Crippen LogP contribution in [0, 0.1) is 0 Å². The van der Waals surface area contributed by atoms with Crippen LogP contribution in [0.3, 0.4) is 0 Å². The lowest BCUT2D eigenvalue weighted by Crippen LogP contribution is -2.35. The standard InChI is InChI=1S/C15H19N3O2/c1-3-17-12-6-4-5-7-13(12)18(15(17)20)10-14(19)16(2)11-8-9-11/h4-7,11H,3,8-10H2,1-2H3. The van der Waals surface area contributed by atoms with Gasteiger partial charge in [-0.05, 0) is 31.9 Å². The summed E-state index contributed by atoms with van der Waals surface area (Å²) in [5, 5.41) is 0. The van der Waals surface area contributed by atoms with Crippen molar-refractivity contribution < 1.29 is 4.79 Å². The Bertz CT molecular complexity index is 709. The summed E-state index contributed by atoms with van der Waals surface area (Å²) in [6.45, 7) is 2.68. The van der Waals surface area contributed by atoms with Crippen LogP contribution in [0.25, 0.3) is 11.0 Å². The molecule has 1 aliphatic carbocycles. The highest BCUT2D eigenvalue weighted by atomic mass is 16.2. The summed E-state index contributed by atoms with van der Waals surface area (Å²) in [7, 11) is 1.82. The van der Waals surface area contributed by atoms with E-state index in [1.54, 1.807) is 14.0 Å². The molecule has 0 aliphatic heterocycles.